The van der Waals surface area contributed by atoms with Crippen molar-refractivity contribution in [2.45, 2.75) is 39.5 Å². The molecule has 0 amide bonds. The van der Waals surface area contributed by atoms with Crippen LogP contribution in [0.5, 0.6) is 0 Å². The van der Waals surface area contributed by atoms with Gasteiger partial charge >= 0.3 is 0 Å². The summed E-state index contributed by atoms with van der Waals surface area (Å²) in [6, 6.07) is 31.9. The van der Waals surface area contributed by atoms with Crippen LogP contribution >= 0.6 is 0 Å². The first-order valence-electron chi connectivity index (χ1n) is 11.7. The maximum Gasteiger partial charge on any atom is 0.227 e. The molecule has 2 heterocycles. The highest BCUT2D eigenvalue weighted by atomic mass is 16.3. The van der Waals surface area contributed by atoms with E-state index in [9.17, 15) is 0 Å². The van der Waals surface area contributed by atoms with E-state index in [4.69, 9.17) is 9.40 Å². The smallest absolute Gasteiger partial charge is 0.227 e. The molecular weight excluding hydrogens is 402 g/mol. The van der Waals surface area contributed by atoms with Crippen molar-refractivity contribution in [2.75, 3.05) is 0 Å². The lowest BCUT2D eigenvalue weighted by molar-refractivity contribution is 0.615. The summed E-state index contributed by atoms with van der Waals surface area (Å²) in [5.74, 6) is 1.73. The van der Waals surface area contributed by atoms with Gasteiger partial charge in [-0.1, -0.05) is 94.4 Å². The van der Waals surface area contributed by atoms with Crippen molar-refractivity contribution < 1.29 is 4.42 Å². The summed E-state index contributed by atoms with van der Waals surface area (Å²) in [4.78, 5) is 4.91. The van der Waals surface area contributed by atoms with Crippen LogP contribution in [0.25, 0.3) is 44.8 Å². The van der Waals surface area contributed by atoms with Gasteiger partial charge in [0.25, 0.3) is 0 Å². The summed E-state index contributed by atoms with van der Waals surface area (Å²) < 4.78 is 6.40. The molecule has 2 heteroatoms. The molecule has 0 saturated carbocycles. The van der Waals surface area contributed by atoms with Crippen molar-refractivity contribution in [3.05, 3.63) is 102 Å². The van der Waals surface area contributed by atoms with E-state index in [-0.39, 0.29) is 0 Å². The van der Waals surface area contributed by atoms with Gasteiger partial charge in [-0.05, 0) is 58.4 Å². The number of fused-ring (bicyclic) bond motifs is 1. The van der Waals surface area contributed by atoms with Gasteiger partial charge < -0.3 is 4.42 Å². The van der Waals surface area contributed by atoms with Crippen LogP contribution in [0.4, 0.5) is 0 Å². The Kier molecular flexibility index (Phi) is 5.60. The van der Waals surface area contributed by atoms with Crippen LogP contribution in [0.2, 0.25) is 0 Å². The Morgan fingerprint density at radius 1 is 0.606 bits per heavy atom. The number of aromatic nitrogens is 1. The van der Waals surface area contributed by atoms with Crippen molar-refractivity contribution in [3.8, 4) is 33.7 Å². The summed E-state index contributed by atoms with van der Waals surface area (Å²) in [5, 5.41) is 1.03. The van der Waals surface area contributed by atoms with Crippen LogP contribution in [0.3, 0.4) is 0 Å². The molecule has 2 aromatic heterocycles. The maximum atomic E-state index is 6.40. The van der Waals surface area contributed by atoms with Crippen molar-refractivity contribution in [3.63, 3.8) is 0 Å². The monoisotopic (exact) mass is 431 g/mol. The van der Waals surface area contributed by atoms with Gasteiger partial charge in [-0.3, -0.25) is 0 Å². The van der Waals surface area contributed by atoms with Crippen LogP contribution in [-0.4, -0.2) is 4.98 Å². The third-order valence-electron chi connectivity index (χ3n) is 6.27. The number of nitrogens with zero attached hydrogens (tertiary/aromatic N) is 1. The summed E-state index contributed by atoms with van der Waals surface area (Å²) >= 11 is 0. The molecule has 0 aliphatic carbocycles. The van der Waals surface area contributed by atoms with Gasteiger partial charge in [0.05, 0.1) is 5.69 Å². The third kappa shape index (κ3) is 4.09. The normalized spacial score (nSPS) is 11.6. The van der Waals surface area contributed by atoms with Gasteiger partial charge in [-0.25, -0.2) is 4.98 Å². The Balaban J connectivity index is 1.60. The number of hydrogen-bond acceptors (Lipinski definition) is 2. The molecule has 2 nitrogen and oxygen atoms in total. The minimum Gasteiger partial charge on any atom is -0.438 e. The number of furan rings is 1. The lowest BCUT2D eigenvalue weighted by atomic mass is 9.87. The fourth-order valence-electron chi connectivity index (χ4n) is 4.53. The lowest BCUT2D eigenvalue weighted by Gasteiger charge is -2.17. The van der Waals surface area contributed by atoms with Gasteiger partial charge in [0.15, 0.2) is 0 Å². The summed E-state index contributed by atoms with van der Waals surface area (Å²) in [6.45, 7) is 8.95. The van der Waals surface area contributed by atoms with E-state index >= 15 is 0 Å². The van der Waals surface area contributed by atoms with E-state index in [1.165, 1.54) is 27.8 Å². The second-order valence-corrected chi connectivity index (χ2v) is 9.27. The Bertz CT molecular complexity index is 1380. The number of hydrogen-bond donors (Lipinski definition) is 0. The number of benzene rings is 3. The highest BCUT2D eigenvalue weighted by molar-refractivity contribution is 5.84. The van der Waals surface area contributed by atoms with E-state index < -0.39 is 0 Å². The van der Waals surface area contributed by atoms with Gasteiger partial charge in [0, 0.05) is 16.5 Å². The average molecular weight is 432 g/mol. The Labute approximate surface area is 195 Å². The molecule has 0 atom stereocenters. The van der Waals surface area contributed by atoms with Crippen molar-refractivity contribution in [2.24, 2.45) is 0 Å². The molecule has 0 unspecified atom stereocenters. The van der Waals surface area contributed by atoms with Crippen molar-refractivity contribution in [1.29, 1.82) is 0 Å². The molecular formula is C31H29NO. The fraction of sp³-hybridized carbons (Fsp3) is 0.194. The SMILES string of the molecule is CC(C)c1cccc(C(C)C)c1-c1cc2ccc(-c3cccc(-c4ccccc4)c3)nc2o1. The zero-order valence-electron chi connectivity index (χ0n) is 19.7. The second-order valence-electron chi connectivity index (χ2n) is 9.27. The summed E-state index contributed by atoms with van der Waals surface area (Å²) in [6.07, 6.45) is 0. The Morgan fingerprint density at radius 2 is 1.24 bits per heavy atom. The minimum atomic E-state index is 0.413. The molecule has 164 valence electrons. The first kappa shape index (κ1) is 21.2. The molecule has 0 fully saturated rings. The molecule has 0 aliphatic heterocycles. The van der Waals surface area contributed by atoms with E-state index in [0.29, 0.717) is 17.5 Å². The van der Waals surface area contributed by atoms with Crippen LogP contribution in [0, 0.1) is 0 Å². The molecule has 5 rings (SSSR count). The van der Waals surface area contributed by atoms with Gasteiger partial charge in [-0.15, -0.1) is 0 Å². The molecule has 33 heavy (non-hydrogen) atoms. The van der Waals surface area contributed by atoms with E-state index in [0.717, 1.165) is 22.4 Å². The lowest BCUT2D eigenvalue weighted by Crippen LogP contribution is -1.98. The standard InChI is InChI=1S/C31H29NO/c1-20(2)26-14-9-15-27(21(3)4)30(26)29-19-25-16-17-28(32-31(25)33-29)24-13-8-12-23(18-24)22-10-6-5-7-11-22/h5-21H,1-4H3. The summed E-state index contributed by atoms with van der Waals surface area (Å²) in [7, 11) is 0. The van der Waals surface area contributed by atoms with Crippen molar-refractivity contribution >= 4 is 11.1 Å². The third-order valence-corrected chi connectivity index (χ3v) is 6.27. The maximum absolute atomic E-state index is 6.40. The molecule has 0 radical (unpaired) electrons. The molecule has 0 bridgehead atoms. The van der Waals surface area contributed by atoms with Crippen molar-refractivity contribution in [1.82, 2.24) is 4.98 Å². The second kappa shape index (κ2) is 8.71. The van der Waals surface area contributed by atoms with Crippen LogP contribution in [-0.2, 0) is 0 Å². The molecule has 0 spiro atoms. The van der Waals surface area contributed by atoms with E-state index in [2.05, 4.69) is 113 Å². The fourth-order valence-corrected chi connectivity index (χ4v) is 4.53. The first-order chi connectivity index (χ1) is 16.0. The topological polar surface area (TPSA) is 26.0 Å². The van der Waals surface area contributed by atoms with Gasteiger partial charge in [-0.2, -0.15) is 0 Å². The Hall–Kier alpha value is -3.65. The average Bonchev–Trinajstić information content (AvgIpc) is 3.27. The van der Waals surface area contributed by atoms with E-state index in [1.807, 2.05) is 6.07 Å². The predicted octanol–water partition coefficient (Wildman–Crippen LogP) is 9.08. The molecule has 0 saturated heterocycles. The number of pyridine rings is 1. The largest absolute Gasteiger partial charge is 0.438 e. The highest BCUT2D eigenvalue weighted by Gasteiger charge is 2.19. The highest BCUT2D eigenvalue weighted by Crippen LogP contribution is 2.39. The zero-order valence-corrected chi connectivity index (χ0v) is 19.7. The number of rotatable bonds is 5. The predicted molar refractivity (Wildman–Crippen MR) is 138 cm³/mol. The van der Waals surface area contributed by atoms with Gasteiger partial charge in [0.2, 0.25) is 5.71 Å². The van der Waals surface area contributed by atoms with Crippen LogP contribution in [0.1, 0.15) is 50.7 Å². The quantitative estimate of drug-likeness (QED) is 0.277. The molecule has 3 aromatic carbocycles. The molecule has 0 N–H and O–H groups in total. The minimum absolute atomic E-state index is 0.413. The first-order valence-corrected chi connectivity index (χ1v) is 11.7. The van der Waals surface area contributed by atoms with E-state index in [1.54, 1.807) is 0 Å². The molecule has 0 aliphatic rings. The summed E-state index contributed by atoms with van der Waals surface area (Å²) in [5.41, 5.74) is 8.92. The van der Waals surface area contributed by atoms with Crippen LogP contribution < -0.4 is 0 Å². The zero-order chi connectivity index (χ0) is 22.9. The van der Waals surface area contributed by atoms with Gasteiger partial charge in [0.1, 0.15) is 5.76 Å². The van der Waals surface area contributed by atoms with Crippen LogP contribution in [0.15, 0.2) is 95.4 Å². The Morgan fingerprint density at radius 3 is 1.94 bits per heavy atom. The molecule has 5 aromatic rings.